The summed E-state index contributed by atoms with van der Waals surface area (Å²) in [4.78, 5) is 2.60. The van der Waals surface area contributed by atoms with Crippen LogP contribution in [0.15, 0.2) is 18.2 Å². The lowest BCUT2D eigenvalue weighted by molar-refractivity contribution is 0.208. The molecule has 0 bridgehead atoms. The van der Waals surface area contributed by atoms with Crippen molar-refractivity contribution in [2.24, 2.45) is 0 Å². The van der Waals surface area contributed by atoms with Gasteiger partial charge in [0, 0.05) is 18.6 Å². The molecule has 2 nitrogen and oxygen atoms in total. The number of hydrogen-bond acceptors (Lipinski definition) is 2. The number of rotatable bonds is 3. The van der Waals surface area contributed by atoms with Crippen LogP contribution in [0.5, 0.6) is 0 Å². The Labute approximate surface area is 118 Å². The molecule has 1 saturated heterocycles. The fraction of sp³-hybridized carbons (Fsp3) is 0.647. The summed E-state index contributed by atoms with van der Waals surface area (Å²) in [6.45, 7) is 13.6. The van der Waals surface area contributed by atoms with Gasteiger partial charge < -0.3 is 5.32 Å². The van der Waals surface area contributed by atoms with Crippen molar-refractivity contribution in [1.82, 2.24) is 10.2 Å². The molecule has 1 unspecified atom stereocenters. The monoisotopic (exact) mass is 260 g/mol. The van der Waals surface area contributed by atoms with Crippen LogP contribution in [0.1, 0.15) is 43.4 Å². The largest absolute Gasteiger partial charge is 0.310 e. The fourth-order valence-corrected chi connectivity index (χ4v) is 2.85. The maximum atomic E-state index is 3.70. The number of benzene rings is 1. The van der Waals surface area contributed by atoms with Crippen LogP contribution in [-0.4, -0.2) is 30.1 Å². The summed E-state index contributed by atoms with van der Waals surface area (Å²) in [5.74, 6) is 0. The Bertz CT molecular complexity index is 427. The maximum absolute atomic E-state index is 3.70. The van der Waals surface area contributed by atoms with Gasteiger partial charge in [0.25, 0.3) is 0 Å². The van der Waals surface area contributed by atoms with Gasteiger partial charge in [-0.2, -0.15) is 0 Å². The van der Waals surface area contributed by atoms with Gasteiger partial charge in [0.2, 0.25) is 0 Å². The van der Waals surface area contributed by atoms with E-state index in [1.807, 2.05) is 0 Å². The lowest BCUT2D eigenvalue weighted by Crippen LogP contribution is -2.48. The Morgan fingerprint density at radius 3 is 2.74 bits per heavy atom. The predicted octanol–water partition coefficient (Wildman–Crippen LogP) is 3.27. The van der Waals surface area contributed by atoms with Crippen molar-refractivity contribution in [2.45, 2.75) is 52.6 Å². The normalized spacial score (nSPS) is 25.3. The molecule has 19 heavy (non-hydrogen) atoms. The number of nitrogens with zero attached hydrogens (tertiary/aromatic N) is 1. The van der Waals surface area contributed by atoms with E-state index in [2.05, 4.69) is 56.1 Å². The molecule has 0 aliphatic carbocycles. The average molecular weight is 260 g/mol. The van der Waals surface area contributed by atoms with Crippen LogP contribution in [0.2, 0.25) is 0 Å². The predicted molar refractivity (Wildman–Crippen MR) is 82.5 cm³/mol. The molecule has 0 radical (unpaired) electrons. The minimum absolute atomic E-state index is 0.274. The molecule has 0 saturated carbocycles. The summed E-state index contributed by atoms with van der Waals surface area (Å²) in [7, 11) is 0. The average Bonchev–Trinajstić information content (AvgIpc) is 2.57. The summed E-state index contributed by atoms with van der Waals surface area (Å²) >= 11 is 0. The van der Waals surface area contributed by atoms with Gasteiger partial charge in [-0.15, -0.1) is 0 Å². The second-order valence-electron chi connectivity index (χ2n) is 6.32. The van der Waals surface area contributed by atoms with Crippen LogP contribution in [-0.2, 0) is 6.54 Å². The van der Waals surface area contributed by atoms with Gasteiger partial charge in [0.05, 0.1) is 0 Å². The van der Waals surface area contributed by atoms with Crippen molar-refractivity contribution in [2.75, 3.05) is 19.6 Å². The molecule has 1 aliphatic rings. The summed E-state index contributed by atoms with van der Waals surface area (Å²) in [6, 6.07) is 6.88. The first-order chi connectivity index (χ1) is 9.02. The van der Waals surface area contributed by atoms with E-state index in [4.69, 9.17) is 0 Å². The molecule has 0 aromatic heterocycles. The zero-order valence-electron chi connectivity index (χ0n) is 12.9. The van der Waals surface area contributed by atoms with E-state index in [0.29, 0.717) is 0 Å². The third-order valence-corrected chi connectivity index (χ3v) is 4.53. The molecular weight excluding hydrogens is 232 g/mol. The van der Waals surface area contributed by atoms with Gasteiger partial charge in [-0.25, -0.2) is 0 Å². The van der Waals surface area contributed by atoms with Gasteiger partial charge in [0.15, 0.2) is 0 Å². The fourth-order valence-electron chi connectivity index (χ4n) is 2.85. The first-order valence-corrected chi connectivity index (χ1v) is 7.56. The lowest BCUT2D eigenvalue weighted by atomic mass is 9.98. The third-order valence-electron chi connectivity index (χ3n) is 4.53. The van der Waals surface area contributed by atoms with E-state index < -0.39 is 0 Å². The molecule has 1 atom stereocenters. The molecule has 0 spiro atoms. The highest BCUT2D eigenvalue weighted by atomic mass is 15.2. The van der Waals surface area contributed by atoms with Crippen molar-refractivity contribution >= 4 is 0 Å². The Morgan fingerprint density at radius 1 is 1.26 bits per heavy atom. The standard InChI is InChI=1S/C17H28N2/c1-5-17(4)13-19(10-6-9-18-17)12-16-8-7-14(2)15(3)11-16/h7-8,11,18H,5-6,9-10,12-13H2,1-4H3. The van der Waals surface area contributed by atoms with Crippen molar-refractivity contribution < 1.29 is 0 Å². The lowest BCUT2D eigenvalue weighted by Gasteiger charge is -2.32. The molecule has 1 aliphatic heterocycles. The van der Waals surface area contributed by atoms with Crippen LogP contribution >= 0.6 is 0 Å². The Balaban J connectivity index is 2.06. The van der Waals surface area contributed by atoms with E-state index in [-0.39, 0.29) is 5.54 Å². The van der Waals surface area contributed by atoms with Crippen LogP contribution in [0.3, 0.4) is 0 Å². The summed E-state index contributed by atoms with van der Waals surface area (Å²) in [5.41, 5.74) is 4.52. The van der Waals surface area contributed by atoms with Crippen LogP contribution in [0.4, 0.5) is 0 Å². The van der Waals surface area contributed by atoms with Crippen LogP contribution in [0.25, 0.3) is 0 Å². The highest BCUT2D eigenvalue weighted by Gasteiger charge is 2.26. The van der Waals surface area contributed by atoms with Gasteiger partial charge in [0.1, 0.15) is 0 Å². The SMILES string of the molecule is CCC1(C)CN(Cc2ccc(C)c(C)c2)CCCN1. The second-order valence-corrected chi connectivity index (χ2v) is 6.32. The Hall–Kier alpha value is -0.860. The number of aryl methyl sites for hydroxylation is 2. The molecule has 1 aromatic carbocycles. The zero-order chi connectivity index (χ0) is 13.9. The molecular formula is C17H28N2. The van der Waals surface area contributed by atoms with Gasteiger partial charge in [-0.1, -0.05) is 25.1 Å². The minimum atomic E-state index is 0.274. The maximum Gasteiger partial charge on any atom is 0.0277 e. The second kappa shape index (κ2) is 6.06. The minimum Gasteiger partial charge on any atom is -0.310 e. The van der Waals surface area contributed by atoms with Crippen molar-refractivity contribution in [3.05, 3.63) is 34.9 Å². The van der Waals surface area contributed by atoms with Gasteiger partial charge in [-0.3, -0.25) is 4.90 Å². The van der Waals surface area contributed by atoms with Crippen molar-refractivity contribution in [3.63, 3.8) is 0 Å². The quantitative estimate of drug-likeness (QED) is 0.897. The van der Waals surface area contributed by atoms with Crippen LogP contribution < -0.4 is 5.32 Å². The molecule has 1 aromatic rings. The van der Waals surface area contributed by atoms with Gasteiger partial charge in [-0.05, 0) is 63.4 Å². The highest BCUT2D eigenvalue weighted by molar-refractivity contribution is 5.29. The Morgan fingerprint density at radius 2 is 2.05 bits per heavy atom. The van der Waals surface area contributed by atoms with E-state index in [1.165, 1.54) is 36.1 Å². The summed E-state index contributed by atoms with van der Waals surface area (Å²) in [5, 5.41) is 3.70. The molecule has 106 valence electrons. The number of nitrogens with one attached hydrogen (secondary N) is 1. The summed E-state index contributed by atoms with van der Waals surface area (Å²) < 4.78 is 0. The van der Waals surface area contributed by atoms with E-state index in [1.54, 1.807) is 0 Å². The van der Waals surface area contributed by atoms with E-state index in [0.717, 1.165) is 19.6 Å². The first kappa shape index (κ1) is 14.5. The molecule has 0 amide bonds. The third kappa shape index (κ3) is 3.80. The summed E-state index contributed by atoms with van der Waals surface area (Å²) in [6.07, 6.45) is 2.44. The topological polar surface area (TPSA) is 15.3 Å². The zero-order valence-corrected chi connectivity index (χ0v) is 12.9. The molecule has 2 rings (SSSR count). The number of hydrogen-bond donors (Lipinski definition) is 1. The van der Waals surface area contributed by atoms with Crippen molar-refractivity contribution in [1.29, 1.82) is 0 Å². The Kier molecular flexibility index (Phi) is 4.64. The molecule has 2 heteroatoms. The molecule has 1 heterocycles. The van der Waals surface area contributed by atoms with E-state index >= 15 is 0 Å². The van der Waals surface area contributed by atoms with Crippen molar-refractivity contribution in [3.8, 4) is 0 Å². The first-order valence-electron chi connectivity index (χ1n) is 7.56. The van der Waals surface area contributed by atoms with Gasteiger partial charge >= 0.3 is 0 Å². The van der Waals surface area contributed by atoms with E-state index in [9.17, 15) is 0 Å². The highest BCUT2D eigenvalue weighted by Crippen LogP contribution is 2.18. The molecule has 1 fully saturated rings. The smallest absolute Gasteiger partial charge is 0.0277 e. The molecule has 1 N–H and O–H groups in total. The van der Waals surface area contributed by atoms with Crippen LogP contribution in [0, 0.1) is 13.8 Å².